The average molecular weight is 721 g/mol. The summed E-state index contributed by atoms with van der Waals surface area (Å²) in [7, 11) is 0. The van der Waals surface area contributed by atoms with Crippen LogP contribution in [0.4, 0.5) is 45.2 Å². The molecule has 0 spiro atoms. The maximum atomic E-state index is 15.0. The van der Waals surface area contributed by atoms with Gasteiger partial charge in [-0.3, -0.25) is 19.1 Å². The van der Waals surface area contributed by atoms with Crippen molar-refractivity contribution in [3.63, 3.8) is 0 Å². The van der Waals surface area contributed by atoms with Gasteiger partial charge in [-0.05, 0) is 47.5 Å². The molecule has 1 aliphatic rings. The molecule has 0 aliphatic heterocycles. The van der Waals surface area contributed by atoms with Crippen molar-refractivity contribution in [2.45, 2.75) is 35.6 Å². The van der Waals surface area contributed by atoms with Crippen molar-refractivity contribution in [3.05, 3.63) is 98.8 Å². The standard InChI is InChI=1S/C29H17Cl3F9NO4/c30-19-4-3-14(42-26(45)24-23(27(24,31)32)12-1-6-21(34)18(7-12)28(36,37)38)9-16(19)22(44)8-13-2-5-20(33)17(25(13)35)10-15(43)11-46-29(39,40)41/h1-7,9,23-24H,8,10-11H2,(H,42,45)/t23-,24+/m0/s1. The minimum absolute atomic E-state index is 0.0573. The van der Waals surface area contributed by atoms with E-state index in [-0.39, 0.29) is 21.8 Å². The van der Waals surface area contributed by atoms with Crippen LogP contribution in [0.25, 0.3) is 0 Å². The Morgan fingerprint density at radius 2 is 1.52 bits per heavy atom. The zero-order valence-electron chi connectivity index (χ0n) is 22.6. The molecule has 1 N–H and O–H groups in total. The maximum Gasteiger partial charge on any atom is 0.522 e. The van der Waals surface area contributed by atoms with E-state index in [1.807, 2.05) is 0 Å². The van der Waals surface area contributed by atoms with Gasteiger partial charge in [0.2, 0.25) is 5.91 Å². The van der Waals surface area contributed by atoms with E-state index in [4.69, 9.17) is 34.8 Å². The molecule has 246 valence electrons. The molecule has 0 saturated heterocycles. The minimum atomic E-state index is -5.14. The molecule has 0 bridgehead atoms. The van der Waals surface area contributed by atoms with Gasteiger partial charge >= 0.3 is 12.5 Å². The van der Waals surface area contributed by atoms with Crippen LogP contribution in [0, 0.1) is 23.4 Å². The number of rotatable bonds is 10. The Morgan fingerprint density at radius 1 is 0.870 bits per heavy atom. The lowest BCUT2D eigenvalue weighted by atomic mass is 9.98. The van der Waals surface area contributed by atoms with E-state index in [1.54, 1.807) is 0 Å². The Kier molecular flexibility index (Phi) is 10.1. The van der Waals surface area contributed by atoms with Crippen LogP contribution in [0.3, 0.4) is 0 Å². The number of anilines is 1. The van der Waals surface area contributed by atoms with Gasteiger partial charge in [0.05, 0.1) is 16.5 Å². The third-order valence-corrected chi connectivity index (χ3v) is 8.18. The lowest BCUT2D eigenvalue weighted by Gasteiger charge is -2.12. The summed E-state index contributed by atoms with van der Waals surface area (Å²) < 4.78 is 121. The Morgan fingerprint density at radius 3 is 2.15 bits per heavy atom. The predicted octanol–water partition coefficient (Wildman–Crippen LogP) is 8.38. The van der Waals surface area contributed by atoms with Crippen molar-refractivity contribution >= 4 is 58.0 Å². The van der Waals surface area contributed by atoms with E-state index >= 15 is 4.39 Å². The summed E-state index contributed by atoms with van der Waals surface area (Å²) in [5.74, 6) is -9.62. The zero-order chi connectivity index (χ0) is 34.4. The number of halogens is 12. The highest BCUT2D eigenvalue weighted by atomic mass is 35.5. The zero-order valence-corrected chi connectivity index (χ0v) is 24.8. The van der Waals surface area contributed by atoms with E-state index in [0.29, 0.717) is 18.2 Å². The third-order valence-electron chi connectivity index (χ3n) is 6.91. The monoisotopic (exact) mass is 719 g/mol. The van der Waals surface area contributed by atoms with Gasteiger partial charge in [-0.15, -0.1) is 36.4 Å². The first kappa shape index (κ1) is 35.5. The molecular weight excluding hydrogens is 704 g/mol. The van der Waals surface area contributed by atoms with Crippen LogP contribution in [0.2, 0.25) is 5.02 Å². The Labute approximate surface area is 268 Å². The molecule has 1 saturated carbocycles. The lowest BCUT2D eigenvalue weighted by molar-refractivity contribution is -0.320. The van der Waals surface area contributed by atoms with Gasteiger partial charge in [-0.1, -0.05) is 23.7 Å². The van der Waals surface area contributed by atoms with Crippen molar-refractivity contribution < 1.29 is 58.6 Å². The molecule has 0 heterocycles. The molecule has 3 aromatic carbocycles. The van der Waals surface area contributed by atoms with E-state index in [0.717, 1.165) is 18.2 Å². The molecule has 1 amide bonds. The van der Waals surface area contributed by atoms with Gasteiger partial charge in [0, 0.05) is 35.6 Å². The third kappa shape index (κ3) is 7.96. The number of benzene rings is 3. The van der Waals surface area contributed by atoms with E-state index < -0.39 is 99.8 Å². The molecule has 0 aromatic heterocycles. The average Bonchev–Trinajstić information content (AvgIpc) is 3.53. The van der Waals surface area contributed by atoms with Gasteiger partial charge in [0.25, 0.3) is 0 Å². The number of Topliss-reactive ketones (excluding diaryl/α,β-unsaturated/α-hetero) is 2. The molecule has 3 aromatic rings. The van der Waals surface area contributed by atoms with Gasteiger partial charge < -0.3 is 5.32 Å². The number of amides is 1. The van der Waals surface area contributed by atoms with Crippen LogP contribution in [0.5, 0.6) is 0 Å². The first-order chi connectivity index (χ1) is 21.2. The van der Waals surface area contributed by atoms with Gasteiger partial charge in [0.15, 0.2) is 11.6 Å². The van der Waals surface area contributed by atoms with E-state index in [2.05, 4.69) is 10.1 Å². The molecule has 2 atom stereocenters. The number of ether oxygens (including phenoxy) is 1. The number of ketones is 2. The smallest absolute Gasteiger partial charge is 0.326 e. The SMILES string of the molecule is O=C(COC(F)(F)F)Cc1c(F)ccc(CC(=O)c2cc(NC(=O)[C@H]3[C@H](c4ccc(F)c(C(F)(F)F)c4)C3(Cl)Cl)ccc2Cl)c1F. The summed E-state index contributed by atoms with van der Waals surface area (Å²) in [6.45, 7) is -1.49. The van der Waals surface area contributed by atoms with Gasteiger partial charge in [-0.25, -0.2) is 13.2 Å². The summed E-state index contributed by atoms with van der Waals surface area (Å²) in [5.41, 5.74) is -3.36. The highest BCUT2D eigenvalue weighted by Crippen LogP contribution is 2.65. The number of carbonyl (C=O) groups excluding carboxylic acids is 3. The summed E-state index contributed by atoms with van der Waals surface area (Å²) in [6, 6.07) is 7.20. The first-order valence-electron chi connectivity index (χ1n) is 12.8. The second kappa shape index (κ2) is 13.1. The van der Waals surface area contributed by atoms with Crippen molar-refractivity contribution in [1.82, 2.24) is 0 Å². The molecule has 0 unspecified atom stereocenters. The topological polar surface area (TPSA) is 72.5 Å². The van der Waals surface area contributed by atoms with E-state index in [9.17, 15) is 49.5 Å². The molecular formula is C29H17Cl3F9NO4. The first-order valence-corrected chi connectivity index (χ1v) is 13.9. The van der Waals surface area contributed by atoms with Crippen molar-refractivity contribution in [3.8, 4) is 0 Å². The van der Waals surface area contributed by atoms with Gasteiger partial charge in [-0.2, -0.15) is 13.2 Å². The van der Waals surface area contributed by atoms with Crippen LogP contribution in [0.1, 0.15) is 38.5 Å². The molecule has 17 heteroatoms. The van der Waals surface area contributed by atoms with Gasteiger partial charge in [0.1, 0.15) is 28.4 Å². The van der Waals surface area contributed by atoms with Crippen LogP contribution < -0.4 is 5.32 Å². The fourth-order valence-electron chi connectivity index (χ4n) is 4.68. The normalized spacial score (nSPS) is 17.5. The van der Waals surface area contributed by atoms with Crippen molar-refractivity contribution in [2.75, 3.05) is 11.9 Å². The Bertz CT molecular complexity index is 1710. The molecule has 1 aliphatic carbocycles. The highest BCUT2D eigenvalue weighted by molar-refractivity contribution is 6.53. The van der Waals surface area contributed by atoms with Crippen LogP contribution >= 0.6 is 34.8 Å². The molecule has 5 nitrogen and oxygen atoms in total. The fourth-order valence-corrected chi connectivity index (χ4v) is 5.73. The summed E-state index contributed by atoms with van der Waals surface area (Å²) >= 11 is 18.5. The number of carbonyl (C=O) groups is 3. The Balaban J connectivity index is 1.49. The second-order valence-corrected chi connectivity index (χ2v) is 12.0. The largest absolute Gasteiger partial charge is 0.522 e. The molecule has 46 heavy (non-hydrogen) atoms. The molecule has 0 radical (unpaired) electrons. The number of nitrogens with one attached hydrogen (secondary N) is 1. The lowest BCUT2D eigenvalue weighted by Crippen LogP contribution is -2.21. The fraction of sp³-hybridized carbons (Fsp3) is 0.276. The van der Waals surface area contributed by atoms with E-state index in [1.165, 1.54) is 12.1 Å². The Hall–Kier alpha value is -3.33. The number of hydrogen-bond acceptors (Lipinski definition) is 4. The summed E-state index contributed by atoms with van der Waals surface area (Å²) in [5, 5.41) is 2.24. The second-order valence-electron chi connectivity index (χ2n) is 10.1. The van der Waals surface area contributed by atoms with Crippen LogP contribution in [-0.4, -0.2) is 34.8 Å². The quantitative estimate of drug-likeness (QED) is 0.130. The molecule has 4 rings (SSSR count). The highest BCUT2D eigenvalue weighted by Gasteiger charge is 2.67. The summed E-state index contributed by atoms with van der Waals surface area (Å²) in [6.07, 6.45) is -12.0. The van der Waals surface area contributed by atoms with Crippen LogP contribution in [-0.2, 0) is 33.3 Å². The number of alkyl halides is 8. The summed E-state index contributed by atoms with van der Waals surface area (Å²) in [4.78, 5) is 37.9. The van der Waals surface area contributed by atoms with Crippen LogP contribution in [0.15, 0.2) is 48.5 Å². The molecule has 1 fully saturated rings. The van der Waals surface area contributed by atoms with Crippen molar-refractivity contribution in [1.29, 1.82) is 0 Å². The maximum absolute atomic E-state index is 15.0. The number of hydrogen-bond donors (Lipinski definition) is 1. The predicted molar refractivity (Wildman–Crippen MR) is 147 cm³/mol. The minimum Gasteiger partial charge on any atom is -0.326 e. The van der Waals surface area contributed by atoms with Crippen molar-refractivity contribution in [2.24, 2.45) is 5.92 Å².